The number of carbonyl (C=O) groups is 1. The Kier molecular flexibility index (Phi) is 6.01. The van der Waals surface area contributed by atoms with Crippen LogP contribution in [-0.2, 0) is 4.79 Å². The Hall–Kier alpha value is -2.53. The molecular weight excluding hydrogens is 358 g/mol. The first-order chi connectivity index (χ1) is 13.0. The molecule has 0 spiro atoms. The average Bonchev–Trinajstić information content (AvgIpc) is 3.11. The Bertz CT molecular complexity index is 883. The van der Waals surface area contributed by atoms with E-state index in [-0.39, 0.29) is 11.0 Å². The largest absolute Gasteiger partial charge is 0.497 e. The smallest absolute Gasteiger partial charge is 0.142 e. The number of hydrogen-bond donors (Lipinski definition) is 0. The second kappa shape index (κ2) is 8.44. The first-order valence-corrected chi connectivity index (χ1v) is 9.66. The van der Waals surface area contributed by atoms with Gasteiger partial charge in [0.25, 0.3) is 0 Å². The third kappa shape index (κ3) is 4.42. The summed E-state index contributed by atoms with van der Waals surface area (Å²) < 4.78 is 10.5. The van der Waals surface area contributed by atoms with Gasteiger partial charge < -0.3 is 9.47 Å². The lowest BCUT2D eigenvalue weighted by molar-refractivity contribution is -0.116. The topological polar surface area (TPSA) is 47.9 Å². The van der Waals surface area contributed by atoms with Gasteiger partial charge in [-0.15, -0.1) is 0 Å². The Labute approximate surface area is 164 Å². The third-order valence-electron chi connectivity index (χ3n) is 4.54. The number of rotatable bonds is 6. The average molecular weight is 381 g/mol. The molecule has 0 amide bonds. The van der Waals surface area contributed by atoms with Gasteiger partial charge in [0.1, 0.15) is 17.3 Å². The molecule has 2 aromatic carbocycles. The van der Waals surface area contributed by atoms with Crippen molar-refractivity contribution in [2.24, 2.45) is 4.99 Å². The van der Waals surface area contributed by atoms with Crippen LogP contribution in [0, 0.1) is 0 Å². The summed E-state index contributed by atoms with van der Waals surface area (Å²) in [5.74, 6) is 1.79. The summed E-state index contributed by atoms with van der Waals surface area (Å²) in [6.07, 6.45) is 0.718. The Morgan fingerprint density at radius 3 is 1.96 bits per heavy atom. The van der Waals surface area contributed by atoms with Gasteiger partial charge in [0.2, 0.25) is 0 Å². The van der Waals surface area contributed by atoms with Crippen molar-refractivity contribution in [3.63, 3.8) is 0 Å². The third-order valence-corrected chi connectivity index (χ3v) is 5.73. The Balaban J connectivity index is 1.98. The van der Waals surface area contributed by atoms with Gasteiger partial charge in [0.15, 0.2) is 0 Å². The molecule has 0 fully saturated rings. The van der Waals surface area contributed by atoms with E-state index in [1.54, 1.807) is 21.1 Å². The van der Waals surface area contributed by atoms with E-state index in [9.17, 15) is 4.79 Å². The number of thioether (sulfide) groups is 1. The van der Waals surface area contributed by atoms with Crippen molar-refractivity contribution in [3.05, 3.63) is 59.7 Å². The van der Waals surface area contributed by atoms with Crippen molar-refractivity contribution in [1.82, 2.24) is 0 Å². The van der Waals surface area contributed by atoms with Crippen LogP contribution in [0.15, 0.2) is 53.5 Å². The number of methoxy groups -OCH3 is 2. The molecule has 4 nitrogen and oxygen atoms in total. The number of hydrogen-bond acceptors (Lipinski definition) is 5. The van der Waals surface area contributed by atoms with Gasteiger partial charge in [-0.3, -0.25) is 4.79 Å². The van der Waals surface area contributed by atoms with E-state index in [4.69, 9.17) is 14.5 Å². The van der Waals surface area contributed by atoms with Gasteiger partial charge in [-0.1, -0.05) is 23.9 Å². The molecule has 0 radical (unpaired) electrons. The van der Waals surface area contributed by atoms with Crippen molar-refractivity contribution in [1.29, 1.82) is 0 Å². The SMILES string of the molecule is COc1ccc(C2=C(c3ccc(OC)cc3)N=C(SC(C)C(C)=O)C2)cc1. The minimum atomic E-state index is -0.101. The van der Waals surface area contributed by atoms with Gasteiger partial charge in [-0.25, -0.2) is 4.99 Å². The lowest BCUT2D eigenvalue weighted by Gasteiger charge is -2.09. The fraction of sp³-hybridized carbons (Fsp3) is 0.273. The molecule has 0 aliphatic carbocycles. The highest BCUT2D eigenvalue weighted by Gasteiger charge is 2.23. The zero-order chi connectivity index (χ0) is 19.4. The summed E-state index contributed by atoms with van der Waals surface area (Å²) in [5, 5.41) is 0.866. The number of aliphatic imine (C=N–C) groups is 1. The van der Waals surface area contributed by atoms with Crippen LogP contribution < -0.4 is 9.47 Å². The summed E-state index contributed by atoms with van der Waals surface area (Å²) in [4.78, 5) is 16.5. The summed E-state index contributed by atoms with van der Waals surface area (Å²) in [7, 11) is 3.32. The van der Waals surface area contributed by atoms with E-state index in [1.165, 1.54) is 11.8 Å². The Morgan fingerprint density at radius 1 is 0.963 bits per heavy atom. The van der Waals surface area contributed by atoms with Crippen LogP contribution in [-0.4, -0.2) is 30.3 Å². The number of carbonyl (C=O) groups excluding carboxylic acids is 1. The second-order valence-electron chi connectivity index (χ2n) is 6.34. The molecular formula is C22H23NO3S. The van der Waals surface area contributed by atoms with Crippen LogP contribution in [0.4, 0.5) is 0 Å². The molecule has 0 bridgehead atoms. The van der Waals surface area contributed by atoms with Crippen LogP contribution in [0.1, 0.15) is 31.4 Å². The molecule has 0 saturated heterocycles. The zero-order valence-corrected chi connectivity index (χ0v) is 16.8. The van der Waals surface area contributed by atoms with E-state index in [2.05, 4.69) is 12.1 Å². The highest BCUT2D eigenvalue weighted by atomic mass is 32.2. The van der Waals surface area contributed by atoms with Crippen molar-refractivity contribution in [2.45, 2.75) is 25.5 Å². The molecule has 27 heavy (non-hydrogen) atoms. The van der Waals surface area contributed by atoms with Gasteiger partial charge in [0.05, 0.1) is 30.2 Å². The fourth-order valence-electron chi connectivity index (χ4n) is 2.84. The summed E-state index contributed by atoms with van der Waals surface area (Å²) >= 11 is 1.54. The minimum Gasteiger partial charge on any atom is -0.497 e. The molecule has 0 aromatic heterocycles. The normalized spacial score (nSPS) is 14.7. The minimum absolute atomic E-state index is 0.101. The highest BCUT2D eigenvalue weighted by molar-refractivity contribution is 8.15. The summed E-state index contributed by atoms with van der Waals surface area (Å²) in [5.41, 5.74) is 4.24. The van der Waals surface area contributed by atoms with Gasteiger partial charge in [-0.05, 0) is 61.4 Å². The predicted molar refractivity (Wildman–Crippen MR) is 113 cm³/mol. The van der Waals surface area contributed by atoms with Crippen LogP contribution in [0.25, 0.3) is 11.3 Å². The zero-order valence-electron chi connectivity index (χ0n) is 16.0. The van der Waals surface area contributed by atoms with E-state index in [0.29, 0.717) is 0 Å². The van der Waals surface area contributed by atoms with Gasteiger partial charge in [-0.2, -0.15) is 0 Å². The first-order valence-electron chi connectivity index (χ1n) is 8.78. The van der Waals surface area contributed by atoms with E-state index in [0.717, 1.165) is 45.4 Å². The number of ether oxygens (including phenoxy) is 2. The lowest BCUT2D eigenvalue weighted by atomic mass is 9.99. The van der Waals surface area contributed by atoms with Crippen LogP contribution in [0.2, 0.25) is 0 Å². The van der Waals surface area contributed by atoms with Crippen molar-refractivity contribution >= 4 is 33.9 Å². The highest BCUT2D eigenvalue weighted by Crippen LogP contribution is 2.39. The quantitative estimate of drug-likeness (QED) is 0.700. The summed E-state index contributed by atoms with van der Waals surface area (Å²) in [6, 6.07) is 15.9. The van der Waals surface area contributed by atoms with Crippen LogP contribution in [0.3, 0.4) is 0 Å². The van der Waals surface area contributed by atoms with Gasteiger partial charge >= 0.3 is 0 Å². The number of nitrogens with zero attached hydrogens (tertiary/aromatic N) is 1. The fourth-order valence-corrected chi connectivity index (χ4v) is 3.79. The number of ketones is 1. The van der Waals surface area contributed by atoms with Crippen molar-refractivity contribution < 1.29 is 14.3 Å². The molecule has 1 aliphatic heterocycles. The molecule has 1 unspecified atom stereocenters. The lowest BCUT2D eigenvalue weighted by Crippen LogP contribution is -2.10. The van der Waals surface area contributed by atoms with Crippen LogP contribution in [0.5, 0.6) is 11.5 Å². The number of benzene rings is 2. The molecule has 2 aromatic rings. The van der Waals surface area contributed by atoms with Crippen molar-refractivity contribution in [3.8, 4) is 11.5 Å². The second-order valence-corrected chi connectivity index (χ2v) is 7.75. The predicted octanol–water partition coefficient (Wildman–Crippen LogP) is 5.09. The molecule has 0 saturated carbocycles. The molecule has 0 N–H and O–H groups in total. The molecule has 3 rings (SSSR count). The van der Waals surface area contributed by atoms with Gasteiger partial charge in [0, 0.05) is 12.0 Å². The molecule has 1 atom stereocenters. The number of Topliss-reactive ketones (excluding diaryl/α,β-unsaturated/α-hetero) is 1. The van der Waals surface area contributed by atoms with E-state index < -0.39 is 0 Å². The van der Waals surface area contributed by atoms with E-state index in [1.807, 2.05) is 43.3 Å². The first kappa shape index (κ1) is 19.2. The Morgan fingerprint density at radius 2 is 1.48 bits per heavy atom. The maximum absolute atomic E-state index is 11.7. The molecule has 1 heterocycles. The monoisotopic (exact) mass is 381 g/mol. The summed E-state index contributed by atoms with van der Waals surface area (Å²) in [6.45, 7) is 3.54. The molecule has 1 aliphatic rings. The number of allylic oxidation sites excluding steroid dienone is 1. The maximum Gasteiger partial charge on any atom is 0.142 e. The van der Waals surface area contributed by atoms with Crippen LogP contribution >= 0.6 is 11.8 Å². The standard InChI is InChI=1S/C22H23NO3S/c1-14(24)15(2)27-21-13-20(16-5-9-18(25-3)10-6-16)22(23-21)17-7-11-19(26-4)12-8-17/h5-12,15H,13H2,1-4H3. The molecule has 5 heteroatoms. The molecule has 140 valence electrons. The maximum atomic E-state index is 11.7. The van der Waals surface area contributed by atoms with Crippen molar-refractivity contribution in [2.75, 3.05) is 14.2 Å². The van der Waals surface area contributed by atoms with E-state index >= 15 is 0 Å².